The van der Waals surface area contributed by atoms with Crippen molar-refractivity contribution in [3.05, 3.63) is 47.3 Å². The summed E-state index contributed by atoms with van der Waals surface area (Å²) in [6.45, 7) is 3.73. The minimum absolute atomic E-state index is 0.193. The van der Waals surface area contributed by atoms with Gasteiger partial charge in [-0.05, 0) is 38.0 Å². The number of nitrogens with zero attached hydrogens (tertiary/aromatic N) is 3. The molecule has 4 heterocycles. The molecule has 172 valence electrons. The van der Waals surface area contributed by atoms with Crippen molar-refractivity contribution in [3.63, 3.8) is 0 Å². The van der Waals surface area contributed by atoms with E-state index in [1.807, 2.05) is 10.2 Å². The van der Waals surface area contributed by atoms with Crippen LogP contribution in [-0.2, 0) is 4.79 Å². The standard InChI is InChI=1S/C20H22F4N6O2/c1-10-7-12(21)8-25-16(10)28-19(32)30-13-5-6-29(9-13)15-4-3-14(27-17(15)30)18(31)26-11(2)20(22,23)24/h3-4,7-8,11,13-14,27H,5-6,9H2,1-2H3,(H,26,31)(H,25,28,32)/t11-,13+,14?/m1/s1. The highest BCUT2D eigenvalue weighted by Crippen LogP contribution is 2.33. The van der Waals surface area contributed by atoms with Crippen LogP contribution in [0.15, 0.2) is 35.9 Å². The fourth-order valence-corrected chi connectivity index (χ4v) is 3.98. The molecular formula is C20H22F4N6O2. The molecule has 3 atom stereocenters. The molecular weight excluding hydrogens is 432 g/mol. The first-order valence-corrected chi connectivity index (χ1v) is 10.1. The lowest BCUT2D eigenvalue weighted by Gasteiger charge is -2.41. The number of halogens is 4. The summed E-state index contributed by atoms with van der Waals surface area (Å²) in [6.07, 6.45) is 0.202. The maximum atomic E-state index is 13.3. The van der Waals surface area contributed by atoms with E-state index in [-0.39, 0.29) is 11.9 Å². The van der Waals surface area contributed by atoms with Crippen LogP contribution in [0.1, 0.15) is 18.9 Å². The number of aryl methyl sites for hydroxylation is 1. The first-order chi connectivity index (χ1) is 15.0. The largest absolute Gasteiger partial charge is 0.408 e. The van der Waals surface area contributed by atoms with Crippen molar-refractivity contribution >= 4 is 17.8 Å². The molecule has 0 aromatic carbocycles. The van der Waals surface area contributed by atoms with Crippen LogP contribution < -0.4 is 16.0 Å². The molecule has 0 spiro atoms. The van der Waals surface area contributed by atoms with Gasteiger partial charge in [0, 0.05) is 13.1 Å². The topological polar surface area (TPSA) is 89.6 Å². The number of fused-ring (bicyclic) bond motifs is 3. The van der Waals surface area contributed by atoms with Gasteiger partial charge in [-0.15, -0.1) is 0 Å². The van der Waals surface area contributed by atoms with Gasteiger partial charge >= 0.3 is 12.2 Å². The van der Waals surface area contributed by atoms with Crippen molar-refractivity contribution in [2.24, 2.45) is 0 Å². The number of aromatic nitrogens is 1. The first kappa shape index (κ1) is 21.9. The van der Waals surface area contributed by atoms with Gasteiger partial charge in [0.2, 0.25) is 5.91 Å². The molecule has 1 saturated heterocycles. The van der Waals surface area contributed by atoms with E-state index in [1.165, 1.54) is 17.0 Å². The lowest BCUT2D eigenvalue weighted by molar-refractivity contribution is -0.158. The highest BCUT2D eigenvalue weighted by atomic mass is 19.4. The Hall–Kier alpha value is -3.31. The molecule has 3 aliphatic heterocycles. The van der Waals surface area contributed by atoms with Gasteiger partial charge in [-0.1, -0.05) is 6.08 Å². The quantitative estimate of drug-likeness (QED) is 0.610. The Morgan fingerprint density at radius 2 is 2.09 bits per heavy atom. The van der Waals surface area contributed by atoms with E-state index in [2.05, 4.69) is 15.6 Å². The maximum Gasteiger partial charge on any atom is 0.408 e. The number of dihydropyridines is 1. The molecule has 1 aromatic rings. The zero-order valence-corrected chi connectivity index (χ0v) is 17.3. The second-order valence-electron chi connectivity index (χ2n) is 7.99. The average Bonchev–Trinajstić information content (AvgIpc) is 3.13. The zero-order chi connectivity index (χ0) is 23.2. The number of allylic oxidation sites excluding steroid dienone is 1. The van der Waals surface area contributed by atoms with E-state index in [0.29, 0.717) is 36.6 Å². The van der Waals surface area contributed by atoms with Gasteiger partial charge in [0.05, 0.1) is 17.9 Å². The Kier molecular flexibility index (Phi) is 5.47. The van der Waals surface area contributed by atoms with E-state index in [1.54, 1.807) is 13.0 Å². The predicted molar refractivity (Wildman–Crippen MR) is 107 cm³/mol. The molecule has 0 saturated carbocycles. The third kappa shape index (κ3) is 4.08. The fraction of sp³-hybridized carbons (Fsp3) is 0.450. The van der Waals surface area contributed by atoms with E-state index >= 15 is 0 Å². The van der Waals surface area contributed by atoms with Crippen LogP contribution in [0.3, 0.4) is 0 Å². The zero-order valence-electron chi connectivity index (χ0n) is 17.3. The Morgan fingerprint density at radius 1 is 1.34 bits per heavy atom. The van der Waals surface area contributed by atoms with Gasteiger partial charge in [-0.3, -0.25) is 15.0 Å². The Bertz CT molecular complexity index is 1010. The minimum Gasteiger partial charge on any atom is -0.366 e. The Labute approximate surface area is 181 Å². The van der Waals surface area contributed by atoms with Crippen LogP contribution in [0.4, 0.5) is 28.2 Å². The van der Waals surface area contributed by atoms with E-state index in [4.69, 9.17) is 0 Å². The number of carbonyl (C=O) groups excluding carboxylic acids is 2. The fourth-order valence-electron chi connectivity index (χ4n) is 3.98. The highest BCUT2D eigenvalue weighted by Gasteiger charge is 2.43. The summed E-state index contributed by atoms with van der Waals surface area (Å²) < 4.78 is 51.8. The molecule has 12 heteroatoms. The first-order valence-electron chi connectivity index (χ1n) is 10.1. The predicted octanol–water partition coefficient (Wildman–Crippen LogP) is 2.22. The summed E-state index contributed by atoms with van der Waals surface area (Å²) in [4.78, 5) is 33.0. The lowest BCUT2D eigenvalue weighted by Crippen LogP contribution is -2.57. The molecule has 1 aromatic heterocycles. The van der Waals surface area contributed by atoms with Gasteiger partial charge in [0.15, 0.2) is 0 Å². The number of anilines is 1. The number of hydrogen-bond acceptors (Lipinski definition) is 5. The van der Waals surface area contributed by atoms with Crippen molar-refractivity contribution < 1.29 is 27.2 Å². The van der Waals surface area contributed by atoms with Gasteiger partial charge < -0.3 is 15.5 Å². The van der Waals surface area contributed by atoms with Gasteiger partial charge in [0.25, 0.3) is 0 Å². The van der Waals surface area contributed by atoms with Crippen LogP contribution in [0.25, 0.3) is 0 Å². The Balaban J connectivity index is 1.55. The number of hydrogen-bond donors (Lipinski definition) is 3. The number of carbonyl (C=O) groups is 2. The van der Waals surface area contributed by atoms with Crippen molar-refractivity contribution in [1.29, 1.82) is 0 Å². The smallest absolute Gasteiger partial charge is 0.366 e. The van der Waals surface area contributed by atoms with Crippen LogP contribution in [-0.4, -0.2) is 64.1 Å². The van der Waals surface area contributed by atoms with Gasteiger partial charge in [-0.25, -0.2) is 14.2 Å². The summed E-state index contributed by atoms with van der Waals surface area (Å²) in [7, 11) is 0. The third-order valence-corrected chi connectivity index (χ3v) is 5.71. The number of rotatable bonds is 3. The molecule has 0 aliphatic carbocycles. The van der Waals surface area contributed by atoms with E-state index < -0.39 is 36.0 Å². The second-order valence-corrected chi connectivity index (χ2v) is 7.99. The summed E-state index contributed by atoms with van der Waals surface area (Å²) >= 11 is 0. The van der Waals surface area contributed by atoms with Crippen molar-refractivity contribution in [1.82, 2.24) is 25.4 Å². The average molecular weight is 454 g/mol. The van der Waals surface area contributed by atoms with Crippen molar-refractivity contribution in [2.75, 3.05) is 18.4 Å². The number of pyridine rings is 1. The third-order valence-electron chi connectivity index (χ3n) is 5.71. The summed E-state index contributed by atoms with van der Waals surface area (Å²) in [5.41, 5.74) is 1.11. The van der Waals surface area contributed by atoms with Crippen LogP contribution in [0.5, 0.6) is 0 Å². The Morgan fingerprint density at radius 3 is 2.78 bits per heavy atom. The number of urea groups is 1. The van der Waals surface area contributed by atoms with E-state index in [0.717, 1.165) is 13.1 Å². The van der Waals surface area contributed by atoms with Crippen LogP contribution in [0.2, 0.25) is 0 Å². The maximum absolute atomic E-state index is 13.3. The van der Waals surface area contributed by atoms with Gasteiger partial charge in [0.1, 0.15) is 29.5 Å². The highest BCUT2D eigenvalue weighted by molar-refractivity contribution is 5.91. The van der Waals surface area contributed by atoms with Crippen LogP contribution in [0, 0.1) is 12.7 Å². The van der Waals surface area contributed by atoms with Crippen LogP contribution >= 0.6 is 0 Å². The molecule has 3 N–H and O–H groups in total. The number of nitrogens with one attached hydrogen (secondary N) is 3. The number of amides is 3. The molecule has 3 aliphatic rings. The lowest BCUT2D eigenvalue weighted by atomic mass is 10.1. The molecule has 3 amide bonds. The minimum atomic E-state index is -4.57. The normalized spacial score (nSPS) is 22.9. The monoisotopic (exact) mass is 454 g/mol. The van der Waals surface area contributed by atoms with Gasteiger partial charge in [-0.2, -0.15) is 13.2 Å². The summed E-state index contributed by atoms with van der Waals surface area (Å²) in [5.74, 6) is -0.866. The number of alkyl halides is 3. The SMILES string of the molecule is Cc1cc(F)cnc1NC(=O)N1C2=C(C=CC(C(=O)N[C@H](C)C(F)(F)F)N2)N2CC[C@H]1C2. The summed E-state index contributed by atoms with van der Waals surface area (Å²) in [6, 6.07) is -2.59. The molecule has 2 bridgehead atoms. The molecule has 1 unspecified atom stereocenters. The molecule has 1 fully saturated rings. The molecule has 0 radical (unpaired) electrons. The van der Waals surface area contributed by atoms with E-state index in [9.17, 15) is 27.2 Å². The second kappa shape index (κ2) is 7.99. The summed E-state index contributed by atoms with van der Waals surface area (Å²) in [5, 5.41) is 7.51. The molecule has 4 rings (SSSR count). The van der Waals surface area contributed by atoms with Crippen molar-refractivity contribution in [3.8, 4) is 0 Å². The van der Waals surface area contributed by atoms with Crippen molar-refractivity contribution in [2.45, 2.75) is 44.6 Å². The molecule has 8 nitrogen and oxygen atoms in total. The molecule has 32 heavy (non-hydrogen) atoms.